The molecule has 194 valence electrons. The number of amides is 3. The van der Waals surface area contributed by atoms with Crippen LogP contribution >= 0.6 is 21.6 Å². The van der Waals surface area contributed by atoms with Crippen LogP contribution in [0, 0.1) is 17.8 Å². The SMILES string of the molecule is C/C=C1/NC(=O)C2CSSCC/C=C\[C@@H](OC(=O)C(C(C)C)NC1=O)C(=O)N[C@@H](C(C)C)C(=O)C2. The highest BCUT2D eigenvalue weighted by Gasteiger charge is 2.35. The van der Waals surface area contributed by atoms with Crippen molar-refractivity contribution in [3.63, 3.8) is 0 Å². The Morgan fingerprint density at radius 1 is 0.971 bits per heavy atom. The number of carbonyl (C=O) groups is 5. The van der Waals surface area contributed by atoms with E-state index in [2.05, 4.69) is 16.0 Å². The first kappa shape index (κ1) is 29.0. The van der Waals surface area contributed by atoms with Gasteiger partial charge >= 0.3 is 5.97 Å². The van der Waals surface area contributed by atoms with Gasteiger partial charge in [0.15, 0.2) is 11.9 Å². The molecule has 3 amide bonds. The number of fused-ring (bicyclic) bond motifs is 6. The molecule has 2 unspecified atom stereocenters. The van der Waals surface area contributed by atoms with Crippen molar-refractivity contribution >= 4 is 51.1 Å². The molecule has 1 saturated heterocycles. The summed E-state index contributed by atoms with van der Waals surface area (Å²) in [6.07, 6.45) is 3.96. The molecule has 2 aliphatic rings. The number of hydrogen-bond donors (Lipinski definition) is 3. The van der Waals surface area contributed by atoms with E-state index < -0.39 is 47.8 Å². The third-order valence-electron chi connectivity index (χ3n) is 5.66. The Bertz CT molecular complexity index is 886. The van der Waals surface area contributed by atoms with Crippen LogP contribution in [0.3, 0.4) is 0 Å². The van der Waals surface area contributed by atoms with E-state index in [1.54, 1.807) is 51.5 Å². The molecule has 0 spiro atoms. The highest BCUT2D eigenvalue weighted by molar-refractivity contribution is 8.76. The number of hydrogen-bond acceptors (Lipinski definition) is 8. The minimum absolute atomic E-state index is 0.0196. The van der Waals surface area contributed by atoms with Gasteiger partial charge in [-0.2, -0.15) is 0 Å². The minimum Gasteiger partial charge on any atom is -0.446 e. The summed E-state index contributed by atoms with van der Waals surface area (Å²) in [5.41, 5.74) is -0.0196. The molecular formula is C24H35N3O6S2. The van der Waals surface area contributed by atoms with Gasteiger partial charge in [-0.25, -0.2) is 4.79 Å². The van der Waals surface area contributed by atoms with E-state index >= 15 is 0 Å². The zero-order chi connectivity index (χ0) is 26.1. The van der Waals surface area contributed by atoms with Crippen LogP contribution in [0.1, 0.15) is 47.5 Å². The molecule has 0 radical (unpaired) electrons. The minimum atomic E-state index is -1.27. The van der Waals surface area contributed by atoms with E-state index in [4.69, 9.17) is 4.74 Å². The Morgan fingerprint density at radius 3 is 2.29 bits per heavy atom. The number of allylic oxidation sites excluding steroid dienone is 2. The number of ether oxygens (including phenoxy) is 1. The molecule has 0 aromatic carbocycles. The van der Waals surface area contributed by atoms with Crippen LogP contribution in [0.2, 0.25) is 0 Å². The van der Waals surface area contributed by atoms with Gasteiger partial charge in [0.05, 0.1) is 12.0 Å². The topological polar surface area (TPSA) is 131 Å². The quantitative estimate of drug-likeness (QED) is 0.216. The average molecular weight is 526 g/mol. The molecule has 0 aliphatic carbocycles. The Balaban J connectivity index is 2.59. The van der Waals surface area contributed by atoms with Crippen molar-refractivity contribution in [2.45, 2.75) is 65.6 Å². The molecule has 11 heteroatoms. The first-order chi connectivity index (χ1) is 16.5. The third-order valence-corrected chi connectivity index (χ3v) is 8.18. The zero-order valence-electron chi connectivity index (χ0n) is 20.8. The molecular weight excluding hydrogens is 490 g/mol. The van der Waals surface area contributed by atoms with Gasteiger partial charge in [-0.3, -0.25) is 19.2 Å². The molecule has 35 heavy (non-hydrogen) atoms. The smallest absolute Gasteiger partial charge is 0.330 e. The molecule has 9 nitrogen and oxygen atoms in total. The maximum absolute atomic E-state index is 13.2. The van der Waals surface area contributed by atoms with Gasteiger partial charge in [0.2, 0.25) is 5.91 Å². The summed E-state index contributed by atoms with van der Waals surface area (Å²) >= 11 is 0. The van der Waals surface area contributed by atoms with Crippen LogP contribution in [0.4, 0.5) is 0 Å². The van der Waals surface area contributed by atoms with Gasteiger partial charge in [-0.05, 0) is 31.3 Å². The Morgan fingerprint density at radius 2 is 1.66 bits per heavy atom. The van der Waals surface area contributed by atoms with Crippen molar-refractivity contribution in [3.8, 4) is 0 Å². The van der Waals surface area contributed by atoms with Crippen molar-refractivity contribution < 1.29 is 28.7 Å². The number of ketones is 1. The molecule has 3 N–H and O–H groups in total. The molecule has 0 aromatic rings. The maximum atomic E-state index is 13.2. The normalized spacial score (nSPS) is 30.0. The monoisotopic (exact) mass is 525 g/mol. The number of rotatable bonds is 2. The van der Waals surface area contributed by atoms with E-state index in [0.29, 0.717) is 17.9 Å². The Kier molecular flexibility index (Phi) is 11.4. The molecule has 0 saturated carbocycles. The summed E-state index contributed by atoms with van der Waals surface area (Å²) in [6, 6.07) is -1.91. The maximum Gasteiger partial charge on any atom is 0.330 e. The fraction of sp³-hybridized carbons (Fsp3) is 0.625. The van der Waals surface area contributed by atoms with E-state index in [9.17, 15) is 24.0 Å². The molecule has 0 aromatic heterocycles. The summed E-state index contributed by atoms with van der Waals surface area (Å²) in [4.78, 5) is 65.5. The second kappa shape index (κ2) is 13.7. The van der Waals surface area contributed by atoms with Gasteiger partial charge < -0.3 is 20.7 Å². The number of Topliss-reactive ketones (excluding diaryl/α,β-unsaturated/α-hetero) is 1. The van der Waals surface area contributed by atoms with Crippen LogP contribution in [-0.2, 0) is 28.7 Å². The first-order valence-corrected chi connectivity index (χ1v) is 14.3. The molecule has 4 atom stereocenters. The van der Waals surface area contributed by atoms with Gasteiger partial charge in [-0.1, -0.05) is 61.4 Å². The molecule has 2 aliphatic heterocycles. The Hall–Kier alpha value is -2.27. The van der Waals surface area contributed by atoms with Crippen molar-refractivity contribution in [1.82, 2.24) is 16.0 Å². The van der Waals surface area contributed by atoms with Crippen LogP contribution in [0.15, 0.2) is 23.9 Å². The first-order valence-electron chi connectivity index (χ1n) is 11.8. The van der Waals surface area contributed by atoms with Gasteiger partial charge in [0, 0.05) is 17.9 Å². The van der Waals surface area contributed by atoms with Crippen LogP contribution in [0.5, 0.6) is 0 Å². The second-order valence-electron chi connectivity index (χ2n) is 9.17. The van der Waals surface area contributed by atoms with Gasteiger partial charge in [0.1, 0.15) is 11.7 Å². The third kappa shape index (κ3) is 8.42. The average Bonchev–Trinajstić information content (AvgIpc) is 2.79. The lowest BCUT2D eigenvalue weighted by atomic mass is 9.92. The van der Waals surface area contributed by atoms with Crippen molar-refractivity contribution in [2.75, 3.05) is 11.5 Å². The van der Waals surface area contributed by atoms with Crippen molar-refractivity contribution in [1.29, 1.82) is 0 Å². The van der Waals surface area contributed by atoms with E-state index in [0.717, 1.165) is 0 Å². The van der Waals surface area contributed by atoms with Crippen LogP contribution in [0.25, 0.3) is 0 Å². The van der Waals surface area contributed by atoms with Crippen molar-refractivity contribution in [3.05, 3.63) is 23.9 Å². The van der Waals surface area contributed by atoms with E-state index in [1.165, 1.54) is 22.9 Å². The number of nitrogens with one attached hydrogen (secondary N) is 3. The summed E-state index contributed by atoms with van der Waals surface area (Å²) in [5.74, 6) is -3.07. The fourth-order valence-electron chi connectivity index (χ4n) is 3.57. The molecule has 2 bridgehead atoms. The van der Waals surface area contributed by atoms with Crippen LogP contribution in [-0.4, -0.2) is 59.2 Å². The largest absolute Gasteiger partial charge is 0.446 e. The predicted molar refractivity (Wildman–Crippen MR) is 137 cm³/mol. The Labute approximate surface area is 214 Å². The summed E-state index contributed by atoms with van der Waals surface area (Å²) in [6.45, 7) is 8.66. The molecule has 2 heterocycles. The molecule has 1 fully saturated rings. The van der Waals surface area contributed by atoms with Gasteiger partial charge in [0.25, 0.3) is 11.8 Å². The predicted octanol–water partition coefficient (Wildman–Crippen LogP) is 2.13. The fourth-order valence-corrected chi connectivity index (χ4v) is 5.87. The van der Waals surface area contributed by atoms with Gasteiger partial charge in [-0.15, -0.1) is 0 Å². The summed E-state index contributed by atoms with van der Waals surface area (Å²) in [5, 5.41) is 7.97. The zero-order valence-corrected chi connectivity index (χ0v) is 22.4. The number of carbonyl (C=O) groups excluding carboxylic acids is 5. The van der Waals surface area contributed by atoms with Crippen molar-refractivity contribution in [2.24, 2.45) is 17.8 Å². The van der Waals surface area contributed by atoms with E-state index in [1.807, 2.05) is 0 Å². The number of esters is 1. The lowest BCUT2D eigenvalue weighted by molar-refractivity contribution is -0.157. The highest BCUT2D eigenvalue weighted by Crippen LogP contribution is 2.27. The molecule has 2 rings (SSSR count). The lowest BCUT2D eigenvalue weighted by Crippen LogP contribution is -2.51. The summed E-state index contributed by atoms with van der Waals surface area (Å²) in [7, 11) is 3.02. The summed E-state index contributed by atoms with van der Waals surface area (Å²) < 4.78 is 5.55. The standard InChI is InChI=1S/C24H35N3O6S2/c1-6-16-22(30)27-20(14(4)5)24(32)33-18-9-7-8-10-34-35-12-15(21(29)25-16)11-17(28)19(13(2)3)26-23(18)31/h6-7,9,13-15,18-20H,8,10-12H2,1-5H3,(H,25,29)(H,26,31)(H,27,30)/b9-7-,16-6+/t15?,18-,19+,20?/m1/s1. The van der Waals surface area contributed by atoms with Crippen LogP contribution < -0.4 is 16.0 Å². The second-order valence-corrected chi connectivity index (χ2v) is 11.8. The highest BCUT2D eigenvalue weighted by atomic mass is 33.1. The van der Waals surface area contributed by atoms with E-state index in [-0.39, 0.29) is 29.7 Å². The lowest BCUT2D eigenvalue weighted by Gasteiger charge is -2.26.